The Kier molecular flexibility index (Phi) is 3.82. The molecule has 0 amide bonds. The van der Waals surface area contributed by atoms with Crippen molar-refractivity contribution in [3.05, 3.63) is 0 Å². The van der Waals surface area contributed by atoms with Crippen molar-refractivity contribution in [3.8, 4) is 0 Å². The molecule has 0 bridgehead atoms. The van der Waals surface area contributed by atoms with Crippen LogP contribution in [0.2, 0.25) is 0 Å². The second-order valence-electron chi connectivity index (χ2n) is 3.44. The lowest BCUT2D eigenvalue weighted by Gasteiger charge is -2.17. The van der Waals surface area contributed by atoms with Gasteiger partial charge in [-0.3, -0.25) is 0 Å². The predicted molar refractivity (Wildman–Crippen MR) is 37.9 cm³/mol. The zero-order valence-electron chi connectivity index (χ0n) is 6.53. The van der Waals surface area contributed by atoms with Gasteiger partial charge in [0.25, 0.3) is 0 Å². The number of hydrogen-bond acceptors (Lipinski definition) is 1. The van der Waals surface area contributed by atoms with Gasteiger partial charge in [0.05, 0.1) is 6.61 Å². The monoisotopic (exact) mass is 130 g/mol. The first-order valence-corrected chi connectivity index (χ1v) is 3.35. The van der Waals surface area contributed by atoms with Gasteiger partial charge >= 0.3 is 0 Å². The van der Waals surface area contributed by atoms with Crippen molar-refractivity contribution in [2.75, 3.05) is 19.7 Å². The Hall–Kier alpha value is -0.0800. The fourth-order valence-corrected chi connectivity index (χ4v) is 0.536. The quantitative estimate of drug-likeness (QED) is 0.569. The molecule has 0 fully saturated rings. The molecule has 0 aromatic heterocycles. The van der Waals surface area contributed by atoms with Crippen LogP contribution >= 0.6 is 0 Å². The van der Waals surface area contributed by atoms with Gasteiger partial charge in [-0.25, -0.2) is 5.11 Å². The van der Waals surface area contributed by atoms with Crippen LogP contribution in [0.4, 0.5) is 0 Å². The number of rotatable bonds is 3. The molecule has 0 rings (SSSR count). The van der Waals surface area contributed by atoms with E-state index in [-0.39, 0.29) is 6.61 Å². The van der Waals surface area contributed by atoms with Crippen molar-refractivity contribution in [2.24, 2.45) is 5.41 Å². The SMILES string of the molecule is CC(C)(C)CNCC[O]. The summed E-state index contributed by atoms with van der Waals surface area (Å²) in [7, 11) is 0. The molecule has 0 aliphatic rings. The van der Waals surface area contributed by atoms with Gasteiger partial charge in [-0.2, -0.15) is 0 Å². The summed E-state index contributed by atoms with van der Waals surface area (Å²) in [5.74, 6) is 0. The molecule has 0 aliphatic carbocycles. The molecule has 0 saturated carbocycles. The van der Waals surface area contributed by atoms with Gasteiger partial charge in [-0.15, -0.1) is 0 Å². The van der Waals surface area contributed by atoms with Crippen LogP contribution in [0.25, 0.3) is 0 Å². The highest BCUT2D eigenvalue weighted by molar-refractivity contribution is 4.63. The number of hydrogen-bond donors (Lipinski definition) is 1. The molecule has 0 heterocycles. The lowest BCUT2D eigenvalue weighted by Crippen LogP contribution is -2.28. The molecule has 55 valence electrons. The molecule has 1 radical (unpaired) electrons. The van der Waals surface area contributed by atoms with Crippen LogP contribution in [0.1, 0.15) is 20.8 Å². The average molecular weight is 130 g/mol. The third kappa shape index (κ3) is 7.92. The van der Waals surface area contributed by atoms with E-state index in [1.54, 1.807) is 0 Å². The van der Waals surface area contributed by atoms with Gasteiger partial charge < -0.3 is 5.32 Å². The lowest BCUT2D eigenvalue weighted by atomic mass is 9.97. The molecule has 9 heavy (non-hydrogen) atoms. The van der Waals surface area contributed by atoms with Gasteiger partial charge in [-0.1, -0.05) is 20.8 Å². The van der Waals surface area contributed by atoms with Crippen molar-refractivity contribution >= 4 is 0 Å². The summed E-state index contributed by atoms with van der Waals surface area (Å²) in [6.45, 7) is 7.93. The molecule has 2 heteroatoms. The highest BCUT2D eigenvalue weighted by atomic mass is 16.3. The van der Waals surface area contributed by atoms with E-state index in [2.05, 4.69) is 26.1 Å². The Morgan fingerprint density at radius 1 is 1.33 bits per heavy atom. The van der Waals surface area contributed by atoms with Gasteiger partial charge in [0.15, 0.2) is 0 Å². The van der Waals surface area contributed by atoms with Crippen LogP contribution < -0.4 is 5.32 Å². The molecule has 0 unspecified atom stereocenters. The Bertz CT molecular complexity index is 65.8. The van der Waals surface area contributed by atoms with Crippen LogP contribution in [0.3, 0.4) is 0 Å². The largest absolute Gasteiger partial charge is 0.314 e. The first-order chi connectivity index (χ1) is 4.06. The molecule has 0 atom stereocenters. The first kappa shape index (κ1) is 8.92. The molecule has 0 spiro atoms. The van der Waals surface area contributed by atoms with Gasteiger partial charge in [0.1, 0.15) is 0 Å². The van der Waals surface area contributed by atoms with E-state index in [0.717, 1.165) is 6.54 Å². The average Bonchev–Trinajstić information content (AvgIpc) is 1.63. The van der Waals surface area contributed by atoms with E-state index in [1.165, 1.54) is 0 Å². The third-order valence-electron chi connectivity index (χ3n) is 0.934. The summed E-state index contributed by atoms with van der Waals surface area (Å²) >= 11 is 0. The Balaban J connectivity index is 3.07. The molecule has 0 saturated heterocycles. The van der Waals surface area contributed by atoms with Gasteiger partial charge in [-0.05, 0) is 5.41 Å². The maximum Gasteiger partial charge on any atom is 0.0946 e. The van der Waals surface area contributed by atoms with Gasteiger partial charge in [0.2, 0.25) is 0 Å². The zero-order valence-corrected chi connectivity index (χ0v) is 6.53. The maximum absolute atomic E-state index is 9.95. The molecular weight excluding hydrogens is 114 g/mol. The summed E-state index contributed by atoms with van der Waals surface area (Å²) in [5, 5.41) is 13.0. The summed E-state index contributed by atoms with van der Waals surface area (Å²) in [4.78, 5) is 0. The van der Waals surface area contributed by atoms with Crippen molar-refractivity contribution in [2.45, 2.75) is 20.8 Å². The highest BCUT2D eigenvalue weighted by Crippen LogP contribution is 2.09. The van der Waals surface area contributed by atoms with Crippen LogP contribution in [0.5, 0.6) is 0 Å². The van der Waals surface area contributed by atoms with E-state index >= 15 is 0 Å². The maximum atomic E-state index is 9.95. The predicted octanol–water partition coefficient (Wildman–Crippen LogP) is 1.05. The van der Waals surface area contributed by atoms with E-state index in [0.29, 0.717) is 12.0 Å². The minimum Gasteiger partial charge on any atom is -0.314 e. The Morgan fingerprint density at radius 3 is 2.22 bits per heavy atom. The van der Waals surface area contributed by atoms with E-state index in [9.17, 15) is 5.11 Å². The van der Waals surface area contributed by atoms with Crippen molar-refractivity contribution in [3.63, 3.8) is 0 Å². The van der Waals surface area contributed by atoms with Crippen LogP contribution in [-0.4, -0.2) is 19.7 Å². The molecule has 1 N–H and O–H groups in total. The van der Waals surface area contributed by atoms with Crippen LogP contribution in [0.15, 0.2) is 0 Å². The van der Waals surface area contributed by atoms with Gasteiger partial charge in [0, 0.05) is 13.1 Å². The second-order valence-corrected chi connectivity index (χ2v) is 3.44. The van der Waals surface area contributed by atoms with E-state index in [4.69, 9.17) is 0 Å². The van der Waals surface area contributed by atoms with E-state index < -0.39 is 0 Å². The first-order valence-electron chi connectivity index (χ1n) is 3.35. The topological polar surface area (TPSA) is 31.9 Å². The summed E-state index contributed by atoms with van der Waals surface area (Å²) in [6, 6.07) is 0. The van der Waals surface area contributed by atoms with Crippen LogP contribution in [0, 0.1) is 5.41 Å². The molecule has 0 aromatic carbocycles. The fraction of sp³-hybridized carbons (Fsp3) is 1.00. The second kappa shape index (κ2) is 3.85. The summed E-state index contributed by atoms with van der Waals surface area (Å²) in [6.07, 6.45) is 0. The molecule has 0 aromatic rings. The van der Waals surface area contributed by atoms with Crippen molar-refractivity contribution in [1.29, 1.82) is 0 Å². The third-order valence-corrected chi connectivity index (χ3v) is 0.934. The summed E-state index contributed by atoms with van der Waals surface area (Å²) < 4.78 is 0. The lowest BCUT2D eigenvalue weighted by molar-refractivity contribution is 0.190. The fourth-order valence-electron chi connectivity index (χ4n) is 0.536. The van der Waals surface area contributed by atoms with Crippen molar-refractivity contribution < 1.29 is 5.11 Å². The van der Waals surface area contributed by atoms with E-state index in [1.807, 2.05) is 0 Å². The molecule has 2 nitrogen and oxygen atoms in total. The van der Waals surface area contributed by atoms with Crippen molar-refractivity contribution in [1.82, 2.24) is 5.32 Å². The smallest absolute Gasteiger partial charge is 0.0946 e. The molecule has 0 aliphatic heterocycles. The molecular formula is C7H16NO. The Morgan fingerprint density at radius 2 is 1.89 bits per heavy atom. The normalized spacial score (nSPS) is 12.0. The van der Waals surface area contributed by atoms with Crippen LogP contribution in [-0.2, 0) is 5.11 Å². The Labute approximate surface area is 57.3 Å². The minimum absolute atomic E-state index is 0.0178. The minimum atomic E-state index is -0.0178. The number of nitrogens with one attached hydrogen (secondary N) is 1. The summed E-state index contributed by atoms with van der Waals surface area (Å²) in [5.41, 5.74) is 0.301. The standard InChI is InChI=1S/C7H16NO/c1-7(2,3)6-8-4-5-9/h8H,4-6H2,1-3H3. The highest BCUT2D eigenvalue weighted by Gasteiger charge is 2.07. The zero-order chi connectivity index (χ0) is 7.33.